The van der Waals surface area contributed by atoms with E-state index in [2.05, 4.69) is 0 Å². The van der Waals surface area contributed by atoms with Gasteiger partial charge in [0.25, 0.3) is 0 Å². The third kappa shape index (κ3) is 4.73. The summed E-state index contributed by atoms with van der Waals surface area (Å²) in [7, 11) is 1.30. The second-order valence-corrected chi connectivity index (χ2v) is 12.3. The van der Waals surface area contributed by atoms with Crippen molar-refractivity contribution in [3.63, 3.8) is 0 Å². The molecule has 1 fully saturated rings. The predicted molar refractivity (Wildman–Crippen MR) is 169 cm³/mol. The average Bonchev–Trinajstić information content (AvgIpc) is 3.48. The Morgan fingerprint density at radius 3 is 1.95 bits per heavy atom. The summed E-state index contributed by atoms with van der Waals surface area (Å²) in [6.45, 7) is 5.68. The zero-order chi connectivity index (χ0) is 31.1. The Balaban J connectivity index is 1.68. The van der Waals surface area contributed by atoms with Gasteiger partial charge in [-0.25, -0.2) is 4.79 Å². The first-order chi connectivity index (χ1) is 21.2. The molecule has 1 amide bonds. The van der Waals surface area contributed by atoms with E-state index in [0.29, 0.717) is 23.5 Å². The van der Waals surface area contributed by atoms with E-state index in [1.54, 1.807) is 25.7 Å². The molecule has 0 saturated carbocycles. The van der Waals surface area contributed by atoms with Crippen LogP contribution in [0.15, 0.2) is 115 Å². The van der Waals surface area contributed by atoms with E-state index in [4.69, 9.17) is 9.47 Å². The minimum atomic E-state index is -1.52. The third-order valence-electron chi connectivity index (χ3n) is 8.51. The lowest BCUT2D eigenvalue weighted by atomic mass is 9.65. The van der Waals surface area contributed by atoms with Crippen LogP contribution in [0.5, 0.6) is 0 Å². The van der Waals surface area contributed by atoms with Gasteiger partial charge in [0.05, 0.1) is 19.7 Å². The van der Waals surface area contributed by atoms with Crippen molar-refractivity contribution in [1.82, 2.24) is 0 Å². The number of esters is 2. The van der Waals surface area contributed by atoms with Gasteiger partial charge >= 0.3 is 11.9 Å². The number of carbonyl (C=O) groups excluding carboxylic acids is 3. The van der Waals surface area contributed by atoms with E-state index in [9.17, 15) is 9.59 Å². The fraction of sp³-hybridized carbons (Fsp3) is 0.270. The van der Waals surface area contributed by atoms with Crippen molar-refractivity contribution in [3.8, 4) is 0 Å². The maximum Gasteiger partial charge on any atom is 0.330 e. The lowest BCUT2D eigenvalue weighted by Gasteiger charge is -2.37. The summed E-state index contributed by atoms with van der Waals surface area (Å²) in [6, 6.07) is 34.5. The monoisotopic (exact) mass is 588 g/mol. The topological polar surface area (TPSA) is 76.2 Å². The van der Waals surface area contributed by atoms with Crippen LogP contribution in [0.1, 0.15) is 43.5 Å². The minimum absolute atomic E-state index is 0.265. The molecule has 2 heterocycles. The molecule has 0 unspecified atom stereocenters. The number of ether oxygens (including phenoxy) is 2. The fourth-order valence-electron chi connectivity index (χ4n) is 6.98. The van der Waals surface area contributed by atoms with Crippen molar-refractivity contribution in [1.29, 1.82) is 0 Å². The summed E-state index contributed by atoms with van der Waals surface area (Å²) in [6.07, 6.45) is 0. The molecule has 44 heavy (non-hydrogen) atoms. The number of anilines is 2. The van der Waals surface area contributed by atoms with Gasteiger partial charge in [0.1, 0.15) is 23.0 Å². The molecule has 7 heteroatoms. The van der Waals surface area contributed by atoms with E-state index < -0.39 is 41.0 Å². The molecule has 0 bridgehead atoms. The van der Waals surface area contributed by atoms with E-state index in [1.807, 2.05) is 120 Å². The van der Waals surface area contributed by atoms with Crippen molar-refractivity contribution in [3.05, 3.63) is 132 Å². The summed E-state index contributed by atoms with van der Waals surface area (Å²) in [5.41, 5.74) is 1.45. The highest BCUT2D eigenvalue weighted by atomic mass is 16.6. The van der Waals surface area contributed by atoms with Crippen LogP contribution >= 0.6 is 0 Å². The summed E-state index contributed by atoms with van der Waals surface area (Å²) in [4.78, 5) is 47.6. The number of nitrogens with zero attached hydrogens (tertiary/aromatic N) is 2. The molecule has 0 N–H and O–H groups in total. The molecule has 4 aromatic carbocycles. The number of amides is 1. The van der Waals surface area contributed by atoms with Crippen molar-refractivity contribution in [2.24, 2.45) is 5.92 Å². The Morgan fingerprint density at radius 1 is 0.773 bits per heavy atom. The molecular formula is C37H36N2O5. The molecule has 6 rings (SSSR count). The number of benzene rings is 4. The number of para-hydroxylation sites is 2. The summed E-state index contributed by atoms with van der Waals surface area (Å²) < 4.78 is 11.5. The summed E-state index contributed by atoms with van der Waals surface area (Å²) in [5.74, 6) is -2.73. The number of hydrogen-bond acceptors (Lipinski definition) is 6. The standard InChI is InChI=1S/C37H36N2O5/c1-36(2,3)44-34(41)31-30(33(40)43-4)37(32(26-18-10-6-11-19-26)39(31)27-20-12-7-13-21-27)28-22-14-15-23-29(28)38(35(37)42)24-25-16-8-5-9-17-25/h5-23,30-32H,24H2,1-4H3/t30-,31-,32+,37+/m0/s1. The second-order valence-electron chi connectivity index (χ2n) is 12.3. The molecule has 2 aliphatic rings. The minimum Gasteiger partial charge on any atom is -0.469 e. The van der Waals surface area contributed by atoms with Crippen molar-refractivity contribution < 1.29 is 23.9 Å². The normalized spacial score (nSPS) is 22.6. The highest BCUT2D eigenvalue weighted by Gasteiger charge is 2.73. The SMILES string of the molecule is COC(=O)[C@@H]1[C@@H](C(=O)OC(C)(C)C)N(c2ccccc2)[C@H](c2ccccc2)[C@]12C(=O)N(Cc1ccccc1)c1ccccc12. The van der Waals surface area contributed by atoms with Crippen LogP contribution in [-0.2, 0) is 35.8 Å². The quantitative estimate of drug-likeness (QED) is 0.249. The van der Waals surface area contributed by atoms with Gasteiger partial charge in [0.15, 0.2) is 0 Å². The first kappa shape index (κ1) is 29.2. The smallest absolute Gasteiger partial charge is 0.330 e. The van der Waals surface area contributed by atoms with E-state index in [1.165, 1.54) is 7.11 Å². The molecule has 4 aromatic rings. The Kier molecular flexibility index (Phi) is 7.49. The van der Waals surface area contributed by atoms with Crippen LogP contribution in [-0.4, -0.2) is 36.6 Å². The summed E-state index contributed by atoms with van der Waals surface area (Å²) >= 11 is 0. The third-order valence-corrected chi connectivity index (χ3v) is 8.51. The highest BCUT2D eigenvalue weighted by Crippen LogP contribution is 2.62. The Hall–Kier alpha value is -4.91. The fourth-order valence-corrected chi connectivity index (χ4v) is 6.98. The van der Waals surface area contributed by atoms with Gasteiger partial charge < -0.3 is 19.3 Å². The molecule has 1 spiro atoms. The first-order valence-corrected chi connectivity index (χ1v) is 14.8. The van der Waals surface area contributed by atoms with Crippen LogP contribution in [0.25, 0.3) is 0 Å². The molecule has 4 atom stereocenters. The zero-order valence-corrected chi connectivity index (χ0v) is 25.3. The average molecular weight is 589 g/mol. The van der Waals surface area contributed by atoms with Crippen LogP contribution in [0.4, 0.5) is 11.4 Å². The molecule has 1 saturated heterocycles. The van der Waals surface area contributed by atoms with Crippen molar-refractivity contribution in [2.75, 3.05) is 16.9 Å². The number of carbonyl (C=O) groups is 3. The Morgan fingerprint density at radius 2 is 1.34 bits per heavy atom. The van der Waals surface area contributed by atoms with Crippen molar-refractivity contribution >= 4 is 29.2 Å². The van der Waals surface area contributed by atoms with Gasteiger partial charge in [-0.3, -0.25) is 9.59 Å². The summed E-state index contributed by atoms with van der Waals surface area (Å²) in [5, 5.41) is 0. The lowest BCUT2D eigenvalue weighted by molar-refractivity contribution is -0.163. The number of hydrogen-bond donors (Lipinski definition) is 0. The largest absolute Gasteiger partial charge is 0.469 e. The number of methoxy groups -OCH3 is 1. The van der Waals surface area contributed by atoms with E-state index >= 15 is 4.79 Å². The van der Waals surface area contributed by atoms with Crippen LogP contribution < -0.4 is 9.80 Å². The van der Waals surface area contributed by atoms with E-state index in [0.717, 1.165) is 11.1 Å². The Labute approximate surface area is 258 Å². The van der Waals surface area contributed by atoms with Gasteiger partial charge in [-0.05, 0) is 55.7 Å². The lowest BCUT2D eigenvalue weighted by Crippen LogP contribution is -2.52. The maximum absolute atomic E-state index is 15.4. The van der Waals surface area contributed by atoms with E-state index in [-0.39, 0.29) is 5.91 Å². The van der Waals surface area contributed by atoms with Gasteiger partial charge in [-0.15, -0.1) is 0 Å². The number of rotatable bonds is 6. The van der Waals surface area contributed by atoms with Gasteiger partial charge in [-0.2, -0.15) is 0 Å². The maximum atomic E-state index is 15.4. The number of fused-ring (bicyclic) bond motifs is 2. The second kappa shape index (κ2) is 11.3. The first-order valence-electron chi connectivity index (χ1n) is 14.8. The molecule has 0 radical (unpaired) electrons. The van der Waals surface area contributed by atoms with Crippen molar-refractivity contribution in [2.45, 2.75) is 50.4 Å². The molecule has 0 aliphatic carbocycles. The predicted octanol–water partition coefficient (Wildman–Crippen LogP) is 6.23. The molecular weight excluding hydrogens is 552 g/mol. The Bertz CT molecular complexity index is 1670. The van der Waals surface area contributed by atoms with Gasteiger partial charge in [0, 0.05) is 11.4 Å². The van der Waals surface area contributed by atoms with Gasteiger partial charge in [-0.1, -0.05) is 97.1 Å². The van der Waals surface area contributed by atoms with Crippen LogP contribution in [0, 0.1) is 5.92 Å². The molecule has 224 valence electrons. The molecule has 7 nitrogen and oxygen atoms in total. The molecule has 0 aromatic heterocycles. The highest BCUT2D eigenvalue weighted by molar-refractivity contribution is 6.13. The zero-order valence-electron chi connectivity index (χ0n) is 25.3. The van der Waals surface area contributed by atoms with Crippen LogP contribution in [0.2, 0.25) is 0 Å². The van der Waals surface area contributed by atoms with Gasteiger partial charge in [0.2, 0.25) is 5.91 Å². The molecule has 2 aliphatic heterocycles. The van der Waals surface area contributed by atoms with Crippen LogP contribution in [0.3, 0.4) is 0 Å².